The van der Waals surface area contributed by atoms with E-state index in [9.17, 15) is 14.4 Å². The van der Waals surface area contributed by atoms with Crippen LogP contribution >= 0.6 is 11.3 Å². The van der Waals surface area contributed by atoms with Crippen LogP contribution in [0.4, 0.5) is 5.00 Å². The van der Waals surface area contributed by atoms with Crippen LogP contribution in [0.1, 0.15) is 40.1 Å². The lowest BCUT2D eigenvalue weighted by Crippen LogP contribution is -2.32. The van der Waals surface area contributed by atoms with Gasteiger partial charge in [0.25, 0.3) is 5.91 Å². The first kappa shape index (κ1) is 16.0. The Balaban J connectivity index is 1.82. The highest BCUT2D eigenvalue weighted by molar-refractivity contribution is 7.16. The summed E-state index contributed by atoms with van der Waals surface area (Å²) in [5.74, 6) is -0.672. The molecule has 1 aliphatic carbocycles. The Morgan fingerprint density at radius 2 is 1.87 bits per heavy atom. The summed E-state index contributed by atoms with van der Waals surface area (Å²) in [4.78, 5) is 38.9. The molecule has 0 bridgehead atoms. The van der Waals surface area contributed by atoms with Crippen molar-refractivity contribution in [1.29, 1.82) is 0 Å². The number of rotatable bonds is 4. The summed E-state index contributed by atoms with van der Waals surface area (Å²) in [6, 6.07) is 0. The Labute approximate surface area is 139 Å². The van der Waals surface area contributed by atoms with E-state index in [0.29, 0.717) is 30.1 Å². The topological polar surface area (TPSA) is 92.5 Å². The zero-order valence-electron chi connectivity index (χ0n) is 13.3. The van der Waals surface area contributed by atoms with E-state index >= 15 is 0 Å². The van der Waals surface area contributed by atoms with Gasteiger partial charge < -0.3 is 16.0 Å². The van der Waals surface area contributed by atoms with Gasteiger partial charge in [-0.2, -0.15) is 0 Å². The maximum atomic E-state index is 12.9. The van der Waals surface area contributed by atoms with E-state index in [4.69, 9.17) is 5.73 Å². The van der Waals surface area contributed by atoms with Crippen LogP contribution in [0.2, 0.25) is 0 Å². The summed E-state index contributed by atoms with van der Waals surface area (Å²) in [6.45, 7) is 4.72. The van der Waals surface area contributed by atoms with Crippen molar-refractivity contribution in [2.24, 2.45) is 17.6 Å². The summed E-state index contributed by atoms with van der Waals surface area (Å²) in [6.07, 6.45) is 2.45. The monoisotopic (exact) mass is 335 g/mol. The van der Waals surface area contributed by atoms with Crippen LogP contribution in [0.5, 0.6) is 0 Å². The highest BCUT2D eigenvalue weighted by atomic mass is 32.1. The molecular weight excluding hydrogens is 314 g/mol. The minimum absolute atomic E-state index is 0.00302. The van der Waals surface area contributed by atoms with Crippen LogP contribution in [0, 0.1) is 25.7 Å². The van der Waals surface area contributed by atoms with Gasteiger partial charge in [0.1, 0.15) is 5.00 Å². The van der Waals surface area contributed by atoms with Gasteiger partial charge in [0.2, 0.25) is 11.8 Å². The number of nitrogens with two attached hydrogens (primary N) is 1. The third-order valence-corrected chi connectivity index (χ3v) is 5.78. The molecule has 23 heavy (non-hydrogen) atoms. The van der Waals surface area contributed by atoms with Crippen molar-refractivity contribution in [2.75, 3.05) is 18.4 Å². The number of carbonyl (C=O) groups excluding carboxylic acids is 3. The number of anilines is 1. The SMILES string of the molecule is Cc1sc(NC(=O)C2CC2)c(C(=O)N2CC[C@H](C(N)=O)C2)c1C. The van der Waals surface area contributed by atoms with E-state index in [1.807, 2.05) is 13.8 Å². The molecule has 0 spiro atoms. The smallest absolute Gasteiger partial charge is 0.257 e. The number of hydrogen-bond acceptors (Lipinski definition) is 4. The van der Waals surface area contributed by atoms with E-state index in [1.54, 1.807) is 4.90 Å². The first-order valence-electron chi connectivity index (χ1n) is 7.88. The zero-order valence-corrected chi connectivity index (χ0v) is 14.2. The second-order valence-corrected chi connectivity index (χ2v) is 7.61. The summed E-state index contributed by atoms with van der Waals surface area (Å²) in [7, 11) is 0. The van der Waals surface area contributed by atoms with Gasteiger partial charge in [0, 0.05) is 23.9 Å². The first-order valence-corrected chi connectivity index (χ1v) is 8.69. The minimum atomic E-state index is -0.360. The fourth-order valence-electron chi connectivity index (χ4n) is 2.87. The number of thiophene rings is 1. The van der Waals surface area contributed by atoms with Crippen molar-refractivity contribution < 1.29 is 14.4 Å². The van der Waals surface area contributed by atoms with Crippen LogP contribution in [0.3, 0.4) is 0 Å². The third-order valence-electron chi connectivity index (χ3n) is 4.66. The number of likely N-dealkylation sites (tertiary alicyclic amines) is 1. The molecule has 1 saturated carbocycles. The molecule has 1 saturated heterocycles. The highest BCUT2D eigenvalue weighted by Gasteiger charge is 2.35. The predicted octanol–water partition coefficient (Wildman–Crippen LogP) is 1.66. The molecule has 0 unspecified atom stereocenters. The lowest BCUT2D eigenvalue weighted by Gasteiger charge is -2.17. The summed E-state index contributed by atoms with van der Waals surface area (Å²) in [5, 5.41) is 3.54. The number of primary amides is 1. The molecule has 1 aromatic rings. The minimum Gasteiger partial charge on any atom is -0.369 e. The standard InChI is InChI=1S/C16H21N3O3S/c1-8-9(2)23-15(18-14(21)10-3-4-10)12(8)16(22)19-6-5-11(7-19)13(17)20/h10-11H,3-7H2,1-2H3,(H2,17,20)(H,18,21)/t11-/m0/s1. The summed E-state index contributed by atoms with van der Waals surface area (Å²) >= 11 is 1.44. The molecule has 124 valence electrons. The highest BCUT2D eigenvalue weighted by Crippen LogP contribution is 2.37. The molecule has 0 aromatic carbocycles. The average molecular weight is 335 g/mol. The van der Waals surface area contributed by atoms with Crippen molar-refractivity contribution in [3.63, 3.8) is 0 Å². The Morgan fingerprint density at radius 3 is 2.43 bits per heavy atom. The van der Waals surface area contributed by atoms with Crippen molar-refractivity contribution in [1.82, 2.24) is 4.90 Å². The quantitative estimate of drug-likeness (QED) is 0.876. The Hall–Kier alpha value is -1.89. The molecular formula is C16H21N3O3S. The Morgan fingerprint density at radius 1 is 1.17 bits per heavy atom. The molecule has 1 aromatic heterocycles. The fraction of sp³-hybridized carbons (Fsp3) is 0.562. The maximum absolute atomic E-state index is 12.9. The molecule has 6 nitrogen and oxygen atoms in total. The van der Waals surface area contributed by atoms with Gasteiger partial charge >= 0.3 is 0 Å². The van der Waals surface area contributed by atoms with Crippen molar-refractivity contribution >= 4 is 34.1 Å². The number of nitrogens with zero attached hydrogens (tertiary/aromatic N) is 1. The third kappa shape index (κ3) is 3.10. The molecule has 2 fully saturated rings. The number of amides is 3. The van der Waals surface area contributed by atoms with Gasteiger partial charge in [-0.3, -0.25) is 14.4 Å². The Bertz CT molecular complexity index is 678. The molecule has 1 atom stereocenters. The molecule has 2 aliphatic rings. The molecule has 0 radical (unpaired) electrons. The van der Waals surface area contributed by atoms with Crippen LogP contribution < -0.4 is 11.1 Å². The van der Waals surface area contributed by atoms with Gasteiger partial charge in [-0.15, -0.1) is 11.3 Å². The van der Waals surface area contributed by atoms with Crippen molar-refractivity contribution in [3.05, 3.63) is 16.0 Å². The van der Waals surface area contributed by atoms with Crippen molar-refractivity contribution in [3.8, 4) is 0 Å². The summed E-state index contributed by atoms with van der Waals surface area (Å²) in [5.41, 5.74) is 6.80. The normalized spacial score (nSPS) is 20.6. The number of aryl methyl sites for hydroxylation is 1. The first-order chi connectivity index (χ1) is 10.9. The van der Waals surface area contributed by atoms with Gasteiger partial charge in [-0.1, -0.05) is 0 Å². The van der Waals surface area contributed by atoms with Gasteiger partial charge in [-0.05, 0) is 38.7 Å². The van der Waals surface area contributed by atoms with E-state index in [-0.39, 0.29) is 29.6 Å². The second kappa shape index (κ2) is 5.96. The predicted molar refractivity (Wildman–Crippen MR) is 88.4 cm³/mol. The number of hydrogen-bond donors (Lipinski definition) is 2. The molecule has 1 aliphatic heterocycles. The fourth-order valence-corrected chi connectivity index (χ4v) is 3.92. The van der Waals surface area contributed by atoms with Gasteiger partial charge in [0.05, 0.1) is 11.5 Å². The largest absolute Gasteiger partial charge is 0.369 e. The van der Waals surface area contributed by atoms with E-state index in [0.717, 1.165) is 23.3 Å². The lowest BCUT2D eigenvalue weighted by molar-refractivity contribution is -0.121. The maximum Gasteiger partial charge on any atom is 0.257 e. The average Bonchev–Trinajstić information content (AvgIpc) is 3.16. The lowest BCUT2D eigenvalue weighted by atomic mass is 10.1. The van der Waals surface area contributed by atoms with Crippen molar-refractivity contribution in [2.45, 2.75) is 33.1 Å². The van der Waals surface area contributed by atoms with Gasteiger partial charge in [0.15, 0.2) is 0 Å². The van der Waals surface area contributed by atoms with E-state index in [1.165, 1.54) is 11.3 Å². The summed E-state index contributed by atoms with van der Waals surface area (Å²) < 4.78 is 0. The van der Waals surface area contributed by atoms with E-state index in [2.05, 4.69) is 5.32 Å². The molecule has 2 heterocycles. The molecule has 3 N–H and O–H groups in total. The van der Waals surface area contributed by atoms with Crippen LogP contribution in [-0.2, 0) is 9.59 Å². The van der Waals surface area contributed by atoms with Crippen LogP contribution in [0.15, 0.2) is 0 Å². The molecule has 7 heteroatoms. The Kier molecular flexibility index (Phi) is 4.14. The molecule has 3 rings (SSSR count). The number of carbonyl (C=O) groups is 3. The van der Waals surface area contributed by atoms with Gasteiger partial charge in [-0.25, -0.2) is 0 Å². The zero-order chi connectivity index (χ0) is 16.7. The molecule has 3 amide bonds. The second-order valence-electron chi connectivity index (χ2n) is 6.39. The van der Waals surface area contributed by atoms with Crippen LogP contribution in [0.25, 0.3) is 0 Å². The van der Waals surface area contributed by atoms with E-state index < -0.39 is 0 Å². The van der Waals surface area contributed by atoms with Crippen LogP contribution in [-0.4, -0.2) is 35.7 Å². The number of nitrogens with one attached hydrogen (secondary N) is 1.